The minimum absolute atomic E-state index is 0.00170. The van der Waals surface area contributed by atoms with Crippen molar-refractivity contribution >= 4 is 45.4 Å². The number of carbonyl (C=O) groups excluding carboxylic acids is 1. The maximum Gasteiger partial charge on any atom is 0.246 e. The molecule has 0 bridgehead atoms. The van der Waals surface area contributed by atoms with Gasteiger partial charge in [0.1, 0.15) is 34.4 Å². The SMILES string of the molecule is C=CC(=O)N1CCCN(c2ncc3ncnc(Nc4ccc(Oc5ccc6c(c5)nnn6C)c(C)c4)c3n2)C[C@@H]1C. The van der Waals surface area contributed by atoms with E-state index >= 15 is 0 Å². The second-order valence-corrected chi connectivity index (χ2v) is 10.1. The molecule has 1 aliphatic rings. The molecule has 1 amide bonds. The molecule has 0 spiro atoms. The van der Waals surface area contributed by atoms with Crippen molar-refractivity contribution < 1.29 is 9.53 Å². The molecular weight excluding hydrogens is 520 g/mol. The predicted molar refractivity (Wildman–Crippen MR) is 156 cm³/mol. The first-order chi connectivity index (χ1) is 19.9. The van der Waals surface area contributed by atoms with Gasteiger partial charge in [0.25, 0.3) is 0 Å². The zero-order valence-electron chi connectivity index (χ0n) is 23.2. The normalized spacial score (nSPS) is 15.6. The Morgan fingerprint density at radius 2 is 2.00 bits per heavy atom. The lowest BCUT2D eigenvalue weighted by Gasteiger charge is -2.28. The van der Waals surface area contributed by atoms with Crippen molar-refractivity contribution in [2.24, 2.45) is 7.05 Å². The summed E-state index contributed by atoms with van der Waals surface area (Å²) in [6.45, 7) is 9.67. The summed E-state index contributed by atoms with van der Waals surface area (Å²) in [4.78, 5) is 34.5. The molecule has 208 valence electrons. The van der Waals surface area contributed by atoms with Gasteiger partial charge >= 0.3 is 0 Å². The van der Waals surface area contributed by atoms with E-state index in [-0.39, 0.29) is 11.9 Å². The number of aromatic nitrogens is 7. The lowest BCUT2D eigenvalue weighted by Crippen LogP contribution is -2.42. The highest BCUT2D eigenvalue weighted by molar-refractivity contribution is 5.88. The molecule has 5 aromatic rings. The van der Waals surface area contributed by atoms with E-state index in [0.29, 0.717) is 41.6 Å². The molecular formula is C29H30N10O2. The Morgan fingerprint density at radius 3 is 2.83 bits per heavy atom. The minimum atomic E-state index is -0.0584. The smallest absolute Gasteiger partial charge is 0.246 e. The van der Waals surface area contributed by atoms with Crippen molar-refractivity contribution in [3.05, 3.63) is 67.1 Å². The molecule has 0 aliphatic carbocycles. The molecule has 1 fully saturated rings. The van der Waals surface area contributed by atoms with Crippen LogP contribution in [-0.2, 0) is 11.8 Å². The highest BCUT2D eigenvalue weighted by Gasteiger charge is 2.25. The van der Waals surface area contributed by atoms with Crippen molar-refractivity contribution in [1.82, 2.24) is 39.8 Å². The molecule has 2 aromatic carbocycles. The Bertz CT molecular complexity index is 1770. The first-order valence-corrected chi connectivity index (χ1v) is 13.4. The van der Waals surface area contributed by atoms with Crippen LogP contribution in [0.15, 0.2) is 61.6 Å². The number of nitrogens with one attached hydrogen (secondary N) is 1. The van der Waals surface area contributed by atoms with Gasteiger partial charge in [-0.2, -0.15) is 0 Å². The Kier molecular flexibility index (Phi) is 6.88. The first-order valence-electron chi connectivity index (χ1n) is 13.4. The van der Waals surface area contributed by atoms with Gasteiger partial charge < -0.3 is 19.9 Å². The summed E-state index contributed by atoms with van der Waals surface area (Å²) in [5.74, 6) is 2.51. The van der Waals surface area contributed by atoms with Crippen molar-refractivity contribution in [3.8, 4) is 11.5 Å². The van der Waals surface area contributed by atoms with Crippen molar-refractivity contribution in [2.45, 2.75) is 26.3 Å². The standard InChI is InChI=1S/C29H30N10O2/c1-5-26(40)39-12-6-11-38(16-19(39)3)29-30-15-23-27(34-29)28(32-17-31-23)33-20-7-10-25(18(2)13-20)41-21-8-9-24-22(14-21)35-36-37(24)4/h5,7-10,13-15,17,19H,1,6,11-12,16H2,2-4H3,(H,31,32,33)/t19-/m0/s1. The molecule has 0 unspecified atom stereocenters. The number of fused-ring (bicyclic) bond motifs is 2. The minimum Gasteiger partial charge on any atom is -0.457 e. The zero-order valence-corrected chi connectivity index (χ0v) is 23.2. The van der Waals surface area contributed by atoms with Crippen LogP contribution in [0, 0.1) is 6.92 Å². The van der Waals surface area contributed by atoms with Gasteiger partial charge in [0.2, 0.25) is 11.9 Å². The molecule has 12 heteroatoms. The number of rotatable bonds is 6. The van der Waals surface area contributed by atoms with E-state index < -0.39 is 0 Å². The highest BCUT2D eigenvalue weighted by Crippen LogP contribution is 2.31. The highest BCUT2D eigenvalue weighted by atomic mass is 16.5. The summed E-state index contributed by atoms with van der Waals surface area (Å²) in [6, 6.07) is 11.6. The fourth-order valence-electron chi connectivity index (χ4n) is 5.07. The van der Waals surface area contributed by atoms with Crippen LogP contribution in [-0.4, -0.2) is 71.4 Å². The molecule has 41 heavy (non-hydrogen) atoms. The molecule has 1 N–H and O–H groups in total. The van der Waals surface area contributed by atoms with Crippen molar-refractivity contribution in [3.63, 3.8) is 0 Å². The summed E-state index contributed by atoms with van der Waals surface area (Å²) in [7, 11) is 1.86. The monoisotopic (exact) mass is 550 g/mol. The van der Waals surface area contributed by atoms with E-state index in [1.54, 1.807) is 10.9 Å². The third-order valence-corrected chi connectivity index (χ3v) is 7.20. The van der Waals surface area contributed by atoms with Gasteiger partial charge in [-0.25, -0.2) is 24.6 Å². The van der Waals surface area contributed by atoms with Crippen LogP contribution in [0.4, 0.5) is 17.5 Å². The maximum atomic E-state index is 12.3. The van der Waals surface area contributed by atoms with Gasteiger partial charge in [0.15, 0.2) is 5.82 Å². The Morgan fingerprint density at radius 1 is 1.12 bits per heavy atom. The lowest BCUT2D eigenvalue weighted by atomic mass is 10.2. The average molecular weight is 551 g/mol. The average Bonchev–Trinajstić information content (AvgIpc) is 3.23. The molecule has 4 heterocycles. The maximum absolute atomic E-state index is 12.3. The molecule has 12 nitrogen and oxygen atoms in total. The van der Waals surface area contributed by atoms with Crippen LogP contribution in [0.1, 0.15) is 18.9 Å². The molecule has 3 aromatic heterocycles. The Balaban J connectivity index is 1.22. The summed E-state index contributed by atoms with van der Waals surface area (Å²) in [5, 5.41) is 11.6. The summed E-state index contributed by atoms with van der Waals surface area (Å²) in [5.41, 5.74) is 4.74. The van der Waals surface area contributed by atoms with Gasteiger partial charge in [-0.05, 0) is 62.2 Å². The fourth-order valence-corrected chi connectivity index (χ4v) is 5.07. The van der Waals surface area contributed by atoms with Crippen LogP contribution >= 0.6 is 0 Å². The van der Waals surface area contributed by atoms with Crippen molar-refractivity contribution in [2.75, 3.05) is 29.9 Å². The van der Waals surface area contributed by atoms with E-state index in [2.05, 4.69) is 42.1 Å². The number of amides is 1. The Labute approximate surface area is 236 Å². The van der Waals surface area contributed by atoms with E-state index in [1.807, 2.05) is 62.2 Å². The van der Waals surface area contributed by atoms with Gasteiger partial charge in [0.05, 0.1) is 11.7 Å². The molecule has 6 rings (SSSR count). The number of nitrogens with zero attached hydrogens (tertiary/aromatic N) is 9. The number of benzene rings is 2. The second kappa shape index (κ2) is 10.8. The fraction of sp³-hybridized carbons (Fsp3) is 0.276. The molecule has 1 atom stereocenters. The summed E-state index contributed by atoms with van der Waals surface area (Å²) < 4.78 is 7.87. The third kappa shape index (κ3) is 5.23. The quantitative estimate of drug-likeness (QED) is 0.308. The van der Waals surface area contributed by atoms with Crippen LogP contribution in [0.2, 0.25) is 0 Å². The van der Waals surface area contributed by atoms with Crippen molar-refractivity contribution in [1.29, 1.82) is 0 Å². The van der Waals surface area contributed by atoms with Gasteiger partial charge in [-0.15, -0.1) is 5.10 Å². The predicted octanol–water partition coefficient (Wildman–Crippen LogP) is 4.16. The number of anilines is 3. The number of carbonyl (C=O) groups is 1. The van der Waals surface area contributed by atoms with Crippen LogP contribution in [0.3, 0.4) is 0 Å². The molecule has 1 aliphatic heterocycles. The summed E-state index contributed by atoms with van der Waals surface area (Å²) >= 11 is 0. The van der Waals surface area contributed by atoms with E-state index in [1.165, 1.54) is 12.4 Å². The van der Waals surface area contributed by atoms with Gasteiger partial charge in [0, 0.05) is 44.5 Å². The largest absolute Gasteiger partial charge is 0.457 e. The number of ether oxygens (including phenoxy) is 1. The Hall–Kier alpha value is -5.13. The molecule has 1 saturated heterocycles. The molecule has 0 radical (unpaired) electrons. The number of hydrogen-bond acceptors (Lipinski definition) is 10. The zero-order chi connectivity index (χ0) is 28.5. The van der Waals surface area contributed by atoms with Crippen LogP contribution < -0.4 is 15.0 Å². The third-order valence-electron chi connectivity index (χ3n) is 7.20. The topological polar surface area (TPSA) is 127 Å². The van der Waals surface area contributed by atoms with Gasteiger partial charge in [-0.3, -0.25) is 4.79 Å². The van der Waals surface area contributed by atoms with Gasteiger partial charge in [-0.1, -0.05) is 11.8 Å². The lowest BCUT2D eigenvalue weighted by molar-refractivity contribution is -0.127. The number of aryl methyl sites for hydroxylation is 2. The second-order valence-electron chi connectivity index (χ2n) is 10.1. The van der Waals surface area contributed by atoms with E-state index in [9.17, 15) is 4.79 Å². The van der Waals surface area contributed by atoms with E-state index in [0.717, 1.165) is 41.0 Å². The first kappa shape index (κ1) is 26.1. The summed E-state index contributed by atoms with van der Waals surface area (Å²) in [6.07, 6.45) is 5.38. The van der Waals surface area contributed by atoms with Crippen LogP contribution in [0.5, 0.6) is 11.5 Å². The van der Waals surface area contributed by atoms with E-state index in [4.69, 9.17) is 9.72 Å². The van der Waals surface area contributed by atoms with Crippen LogP contribution in [0.25, 0.3) is 22.1 Å². The number of hydrogen-bond donors (Lipinski definition) is 1. The molecule has 0 saturated carbocycles.